The van der Waals surface area contributed by atoms with Crippen LogP contribution in [-0.2, 0) is 6.18 Å². The van der Waals surface area contributed by atoms with Gasteiger partial charge in [-0.15, -0.1) is 0 Å². The second-order valence-corrected chi connectivity index (χ2v) is 7.46. The molecule has 0 aliphatic rings. The van der Waals surface area contributed by atoms with Gasteiger partial charge in [0.15, 0.2) is 11.5 Å². The molecule has 176 valence electrons. The van der Waals surface area contributed by atoms with Crippen LogP contribution in [0, 0.1) is 20.2 Å². The minimum Gasteiger partial charge on any atom is -0.493 e. The van der Waals surface area contributed by atoms with Crippen molar-refractivity contribution >= 4 is 39.2 Å². The summed E-state index contributed by atoms with van der Waals surface area (Å²) in [6.07, 6.45) is -3.31. The lowest BCUT2D eigenvalue weighted by molar-refractivity contribution is -0.385. The summed E-state index contributed by atoms with van der Waals surface area (Å²) in [4.78, 5) is 24.8. The van der Waals surface area contributed by atoms with Crippen molar-refractivity contribution < 1.29 is 32.5 Å². The molecule has 3 aromatic rings. The Morgan fingerprint density at radius 2 is 1.65 bits per heavy atom. The number of nitrogens with zero attached hydrogens (tertiary/aromatic N) is 3. The van der Waals surface area contributed by atoms with E-state index in [1.807, 2.05) is 0 Å². The maximum atomic E-state index is 12.9. The maximum Gasteiger partial charge on any atom is 0.416 e. The first-order chi connectivity index (χ1) is 16.0. The number of aliphatic imine (C=N–C) groups is 1. The molecule has 34 heavy (non-hydrogen) atoms. The highest BCUT2D eigenvalue weighted by molar-refractivity contribution is 9.10. The molecule has 3 rings (SSSR count). The van der Waals surface area contributed by atoms with Crippen molar-refractivity contribution in [2.45, 2.75) is 6.18 Å². The lowest BCUT2D eigenvalue weighted by atomic mass is 10.1. The largest absolute Gasteiger partial charge is 0.493 e. The summed E-state index contributed by atoms with van der Waals surface area (Å²) in [7, 11) is 1.31. The van der Waals surface area contributed by atoms with Crippen molar-refractivity contribution in [1.82, 2.24) is 0 Å². The van der Waals surface area contributed by atoms with Crippen LogP contribution < -0.4 is 9.47 Å². The Bertz CT molecular complexity index is 1280. The van der Waals surface area contributed by atoms with Crippen LogP contribution in [0.15, 0.2) is 64.1 Å². The number of alkyl halides is 3. The lowest BCUT2D eigenvalue weighted by Crippen LogP contribution is -2.06. The standard InChI is InChI=1S/C21H13BrF3N3O6/c1-33-19-9-12(11-26-14-3-5-15(6-4-14)27(29)30)8-16(22)20(19)34-18-7-2-13(21(23,24)25)10-17(18)28(31)32/h2-11H,1H3. The van der Waals surface area contributed by atoms with Crippen LogP contribution in [-0.4, -0.2) is 23.2 Å². The fourth-order valence-corrected chi connectivity index (χ4v) is 3.30. The topological polar surface area (TPSA) is 117 Å². The summed E-state index contributed by atoms with van der Waals surface area (Å²) >= 11 is 3.26. The number of nitro groups is 2. The molecular formula is C21H13BrF3N3O6. The van der Waals surface area contributed by atoms with Crippen LogP contribution in [0.3, 0.4) is 0 Å². The summed E-state index contributed by atoms with van der Waals surface area (Å²) in [5.41, 5.74) is -1.18. The molecule has 0 aromatic heterocycles. The molecule has 0 unspecified atom stereocenters. The summed E-state index contributed by atoms with van der Waals surface area (Å²) in [5, 5.41) is 22.1. The van der Waals surface area contributed by atoms with Gasteiger partial charge in [0.1, 0.15) is 0 Å². The van der Waals surface area contributed by atoms with Gasteiger partial charge in [-0.3, -0.25) is 25.2 Å². The maximum absolute atomic E-state index is 12.9. The van der Waals surface area contributed by atoms with E-state index in [1.54, 1.807) is 6.07 Å². The smallest absolute Gasteiger partial charge is 0.416 e. The van der Waals surface area contributed by atoms with E-state index in [9.17, 15) is 33.4 Å². The fourth-order valence-electron chi connectivity index (χ4n) is 2.76. The van der Waals surface area contributed by atoms with E-state index in [0.717, 1.165) is 6.07 Å². The molecule has 0 aliphatic carbocycles. The number of nitro benzene ring substituents is 2. The van der Waals surface area contributed by atoms with Gasteiger partial charge in [0.05, 0.1) is 32.7 Å². The molecule has 0 aliphatic heterocycles. The predicted molar refractivity (Wildman–Crippen MR) is 119 cm³/mol. The van der Waals surface area contributed by atoms with Gasteiger partial charge in [-0.2, -0.15) is 13.2 Å². The van der Waals surface area contributed by atoms with Crippen molar-refractivity contribution in [2.75, 3.05) is 7.11 Å². The number of benzene rings is 3. The predicted octanol–water partition coefficient (Wildman–Crippen LogP) is 6.84. The molecule has 0 fully saturated rings. The fraction of sp³-hybridized carbons (Fsp3) is 0.0952. The summed E-state index contributed by atoms with van der Waals surface area (Å²) in [6.45, 7) is 0. The van der Waals surface area contributed by atoms with Crippen LogP contribution in [0.4, 0.5) is 30.2 Å². The molecule has 0 bridgehead atoms. The summed E-state index contributed by atoms with van der Waals surface area (Å²) in [5.74, 6) is -0.295. The SMILES string of the molecule is COc1cc(C=Nc2ccc([N+](=O)[O-])cc2)cc(Br)c1Oc1ccc(C(F)(F)F)cc1[N+](=O)[O-]. The van der Waals surface area contributed by atoms with Crippen LogP contribution in [0.2, 0.25) is 0 Å². The van der Waals surface area contributed by atoms with Crippen molar-refractivity contribution in [3.05, 3.63) is 90.4 Å². The minimum atomic E-state index is -4.76. The third-order valence-corrected chi connectivity index (χ3v) is 4.96. The molecule has 0 N–H and O–H groups in total. The zero-order valence-electron chi connectivity index (χ0n) is 17.1. The van der Waals surface area contributed by atoms with Crippen LogP contribution in [0.1, 0.15) is 11.1 Å². The Morgan fingerprint density at radius 3 is 2.21 bits per heavy atom. The van der Waals surface area contributed by atoms with Gasteiger partial charge in [0, 0.05) is 24.4 Å². The third kappa shape index (κ3) is 5.67. The summed E-state index contributed by atoms with van der Waals surface area (Å²) in [6, 6.07) is 10.5. The first-order valence-electron chi connectivity index (χ1n) is 9.19. The molecule has 9 nitrogen and oxygen atoms in total. The second-order valence-electron chi connectivity index (χ2n) is 6.61. The van der Waals surface area contributed by atoms with Crippen LogP contribution in [0.5, 0.6) is 17.2 Å². The molecule has 0 spiro atoms. The van der Waals surface area contributed by atoms with E-state index in [1.165, 1.54) is 43.7 Å². The molecule has 0 heterocycles. The van der Waals surface area contributed by atoms with Crippen molar-refractivity contribution in [1.29, 1.82) is 0 Å². The number of rotatable bonds is 7. The Hall–Kier alpha value is -4.00. The van der Waals surface area contributed by atoms with E-state index >= 15 is 0 Å². The molecule has 13 heteroatoms. The number of non-ortho nitro benzene ring substituents is 1. The number of halogens is 4. The number of hydrogen-bond donors (Lipinski definition) is 0. The van der Waals surface area contributed by atoms with E-state index in [-0.39, 0.29) is 21.7 Å². The highest BCUT2D eigenvalue weighted by Gasteiger charge is 2.33. The molecule has 0 saturated heterocycles. The Balaban J connectivity index is 1.92. The van der Waals surface area contributed by atoms with Crippen LogP contribution in [0.25, 0.3) is 0 Å². The number of ether oxygens (including phenoxy) is 2. The third-order valence-electron chi connectivity index (χ3n) is 4.37. The molecule has 3 aromatic carbocycles. The monoisotopic (exact) mass is 539 g/mol. The van der Waals surface area contributed by atoms with E-state index in [0.29, 0.717) is 23.4 Å². The first-order valence-corrected chi connectivity index (χ1v) is 9.98. The Kier molecular flexibility index (Phi) is 7.15. The van der Waals surface area contributed by atoms with Gasteiger partial charge in [-0.25, -0.2) is 0 Å². The van der Waals surface area contributed by atoms with Crippen molar-refractivity contribution in [3.63, 3.8) is 0 Å². The normalized spacial score (nSPS) is 11.4. The average Bonchev–Trinajstić information content (AvgIpc) is 2.78. The Labute approximate surface area is 197 Å². The molecule has 0 amide bonds. The number of hydrogen-bond acceptors (Lipinski definition) is 7. The highest BCUT2D eigenvalue weighted by Crippen LogP contribution is 2.43. The molecular weight excluding hydrogens is 527 g/mol. The van der Waals surface area contributed by atoms with Crippen molar-refractivity contribution in [2.24, 2.45) is 4.99 Å². The van der Waals surface area contributed by atoms with Gasteiger partial charge in [0.25, 0.3) is 5.69 Å². The second kappa shape index (κ2) is 9.87. The first kappa shape index (κ1) is 24.6. The van der Waals surface area contributed by atoms with E-state index in [4.69, 9.17) is 9.47 Å². The van der Waals surface area contributed by atoms with Crippen LogP contribution >= 0.6 is 15.9 Å². The molecule has 0 saturated carbocycles. The van der Waals surface area contributed by atoms with Gasteiger partial charge >= 0.3 is 11.9 Å². The zero-order valence-corrected chi connectivity index (χ0v) is 18.7. The van der Waals surface area contributed by atoms with E-state index in [2.05, 4.69) is 20.9 Å². The minimum absolute atomic E-state index is 0.00200. The molecule has 0 radical (unpaired) electrons. The van der Waals surface area contributed by atoms with Gasteiger partial charge in [-0.1, -0.05) is 0 Å². The number of methoxy groups -OCH3 is 1. The lowest BCUT2D eigenvalue weighted by Gasteiger charge is -2.14. The van der Waals surface area contributed by atoms with Gasteiger partial charge in [0.2, 0.25) is 5.75 Å². The average molecular weight is 540 g/mol. The van der Waals surface area contributed by atoms with E-state index < -0.39 is 33.0 Å². The quantitative estimate of drug-likeness (QED) is 0.184. The van der Waals surface area contributed by atoms with Crippen molar-refractivity contribution in [3.8, 4) is 17.2 Å². The Morgan fingerprint density at radius 1 is 0.971 bits per heavy atom. The van der Waals surface area contributed by atoms with Gasteiger partial charge in [-0.05, 0) is 57.9 Å². The highest BCUT2D eigenvalue weighted by atomic mass is 79.9. The summed E-state index contributed by atoms with van der Waals surface area (Å²) < 4.78 is 49.9. The van der Waals surface area contributed by atoms with Gasteiger partial charge < -0.3 is 9.47 Å². The molecule has 0 atom stereocenters. The zero-order chi connectivity index (χ0) is 25.0.